The van der Waals surface area contributed by atoms with Crippen molar-refractivity contribution in [2.24, 2.45) is 0 Å². The van der Waals surface area contributed by atoms with E-state index in [1.807, 2.05) is 0 Å². The lowest BCUT2D eigenvalue weighted by Gasteiger charge is -2.19. The summed E-state index contributed by atoms with van der Waals surface area (Å²) in [5, 5.41) is 12.3. The van der Waals surface area contributed by atoms with Gasteiger partial charge in [-0.15, -0.1) is 0 Å². The molecule has 1 heteroatoms. The third-order valence-electron chi connectivity index (χ3n) is 9.85. The van der Waals surface area contributed by atoms with Gasteiger partial charge in [0.2, 0.25) is 0 Å². The molecule has 9 aromatic carbocycles. The lowest BCUT2D eigenvalue weighted by atomic mass is 9.84. The molecule has 0 aliphatic carbocycles. The zero-order valence-corrected chi connectivity index (χ0v) is 25.6. The molecule has 218 valence electrons. The fraction of sp³-hybridized carbons (Fsp3) is 0. The van der Waals surface area contributed by atoms with E-state index in [1.165, 1.54) is 70.9 Å². The van der Waals surface area contributed by atoms with Gasteiger partial charge < -0.3 is 4.42 Å². The van der Waals surface area contributed by atoms with Crippen LogP contribution in [-0.2, 0) is 0 Å². The molecule has 0 amide bonds. The van der Waals surface area contributed by atoms with Crippen LogP contribution in [0.4, 0.5) is 0 Å². The fourth-order valence-electron chi connectivity index (χ4n) is 7.73. The van der Waals surface area contributed by atoms with Gasteiger partial charge >= 0.3 is 0 Å². The van der Waals surface area contributed by atoms with Gasteiger partial charge in [-0.3, -0.25) is 0 Å². The normalized spacial score (nSPS) is 11.8. The van der Waals surface area contributed by atoms with Crippen molar-refractivity contribution >= 4 is 65.0 Å². The maximum absolute atomic E-state index is 6.51. The largest absolute Gasteiger partial charge is 0.456 e. The van der Waals surface area contributed by atoms with Gasteiger partial charge in [-0.25, -0.2) is 0 Å². The Morgan fingerprint density at radius 3 is 1.66 bits per heavy atom. The quantitative estimate of drug-likeness (QED) is 0.146. The molecule has 0 fully saturated rings. The second-order valence-electron chi connectivity index (χ2n) is 12.4. The standard InChI is InChI=1S/C46H28O/c1-2-11-29(12-3-1)31-23-26-43-42(27-31)36-25-22-32(28-44(36)47-43)45-38-15-6-8-17-40(38)46(41-18-9-7-16-39(41)45)37-20-10-19-34-33-14-5-4-13-30(33)21-24-35(34)37/h1-28H. The summed E-state index contributed by atoms with van der Waals surface area (Å²) >= 11 is 0. The zero-order chi connectivity index (χ0) is 30.9. The van der Waals surface area contributed by atoms with Crippen molar-refractivity contribution in [2.75, 3.05) is 0 Å². The summed E-state index contributed by atoms with van der Waals surface area (Å²) in [5.74, 6) is 0. The molecule has 0 bridgehead atoms. The molecule has 0 saturated carbocycles. The molecule has 1 nitrogen and oxygen atoms in total. The van der Waals surface area contributed by atoms with Crippen LogP contribution in [-0.4, -0.2) is 0 Å². The second-order valence-corrected chi connectivity index (χ2v) is 12.4. The average molecular weight is 597 g/mol. The molecule has 0 N–H and O–H groups in total. The first-order valence-corrected chi connectivity index (χ1v) is 16.2. The van der Waals surface area contributed by atoms with Crippen LogP contribution in [0.2, 0.25) is 0 Å². The minimum atomic E-state index is 0.904. The van der Waals surface area contributed by atoms with Crippen LogP contribution in [0.5, 0.6) is 0 Å². The molecule has 1 aromatic heterocycles. The Hall–Kier alpha value is -6.18. The first-order chi connectivity index (χ1) is 23.3. The van der Waals surface area contributed by atoms with E-state index in [9.17, 15) is 0 Å². The highest BCUT2D eigenvalue weighted by Gasteiger charge is 2.19. The number of furan rings is 1. The van der Waals surface area contributed by atoms with Crippen LogP contribution in [0.3, 0.4) is 0 Å². The van der Waals surface area contributed by atoms with Crippen molar-refractivity contribution in [1.82, 2.24) is 0 Å². The van der Waals surface area contributed by atoms with Crippen molar-refractivity contribution in [1.29, 1.82) is 0 Å². The molecule has 47 heavy (non-hydrogen) atoms. The van der Waals surface area contributed by atoms with Crippen LogP contribution >= 0.6 is 0 Å². The van der Waals surface area contributed by atoms with Gasteiger partial charge in [-0.2, -0.15) is 0 Å². The molecule has 0 atom stereocenters. The average Bonchev–Trinajstić information content (AvgIpc) is 3.51. The minimum Gasteiger partial charge on any atom is -0.456 e. The minimum absolute atomic E-state index is 0.904. The molecule has 0 spiro atoms. The van der Waals surface area contributed by atoms with E-state index in [4.69, 9.17) is 4.42 Å². The Kier molecular flexibility index (Phi) is 5.64. The van der Waals surface area contributed by atoms with Crippen LogP contribution in [0.1, 0.15) is 0 Å². The summed E-state index contributed by atoms with van der Waals surface area (Å²) in [6.45, 7) is 0. The second kappa shape index (κ2) is 10.2. The number of hydrogen-bond acceptors (Lipinski definition) is 1. The highest BCUT2D eigenvalue weighted by molar-refractivity contribution is 6.25. The molecule has 0 saturated heterocycles. The fourth-order valence-corrected chi connectivity index (χ4v) is 7.73. The number of benzene rings is 9. The summed E-state index contributed by atoms with van der Waals surface area (Å²) in [5.41, 5.74) is 9.14. The molecule has 10 rings (SSSR count). The summed E-state index contributed by atoms with van der Waals surface area (Å²) in [7, 11) is 0. The summed E-state index contributed by atoms with van der Waals surface area (Å²) in [6, 6.07) is 61.5. The van der Waals surface area contributed by atoms with E-state index in [1.54, 1.807) is 0 Å². The van der Waals surface area contributed by atoms with Crippen molar-refractivity contribution in [2.45, 2.75) is 0 Å². The lowest BCUT2D eigenvalue weighted by molar-refractivity contribution is 0.669. The van der Waals surface area contributed by atoms with E-state index < -0.39 is 0 Å². The van der Waals surface area contributed by atoms with E-state index in [0.29, 0.717) is 0 Å². The smallest absolute Gasteiger partial charge is 0.136 e. The van der Waals surface area contributed by atoms with E-state index >= 15 is 0 Å². The molecule has 0 unspecified atom stereocenters. The number of rotatable bonds is 3. The Morgan fingerprint density at radius 1 is 0.277 bits per heavy atom. The van der Waals surface area contributed by atoms with Gasteiger partial charge in [0, 0.05) is 10.8 Å². The highest BCUT2D eigenvalue weighted by atomic mass is 16.3. The SMILES string of the molecule is c1ccc(-c2ccc3oc4cc(-c5c6ccccc6c(-c6cccc7c6ccc6ccccc67)c6ccccc56)ccc4c3c2)cc1. The van der Waals surface area contributed by atoms with Gasteiger partial charge in [0.1, 0.15) is 11.2 Å². The summed E-state index contributed by atoms with van der Waals surface area (Å²) < 4.78 is 6.51. The maximum atomic E-state index is 6.51. The van der Waals surface area contributed by atoms with Gasteiger partial charge in [0.05, 0.1) is 0 Å². The van der Waals surface area contributed by atoms with Crippen molar-refractivity contribution in [3.05, 3.63) is 170 Å². The monoisotopic (exact) mass is 596 g/mol. The first kappa shape index (κ1) is 26.1. The number of fused-ring (bicyclic) bond motifs is 8. The van der Waals surface area contributed by atoms with Gasteiger partial charge in [0.25, 0.3) is 0 Å². The van der Waals surface area contributed by atoms with E-state index in [2.05, 4.69) is 170 Å². The molecule has 0 aliphatic rings. The van der Waals surface area contributed by atoms with Crippen LogP contribution in [0, 0.1) is 0 Å². The topological polar surface area (TPSA) is 13.1 Å². The third kappa shape index (κ3) is 3.97. The maximum Gasteiger partial charge on any atom is 0.136 e. The Bertz CT molecular complexity index is 2780. The number of hydrogen-bond donors (Lipinski definition) is 0. The van der Waals surface area contributed by atoms with E-state index in [0.717, 1.165) is 27.5 Å². The first-order valence-electron chi connectivity index (χ1n) is 16.2. The molecule has 10 aromatic rings. The lowest BCUT2D eigenvalue weighted by Crippen LogP contribution is -1.91. The zero-order valence-electron chi connectivity index (χ0n) is 25.6. The highest BCUT2D eigenvalue weighted by Crippen LogP contribution is 2.46. The Balaban J connectivity index is 1.23. The summed E-state index contributed by atoms with van der Waals surface area (Å²) in [6.07, 6.45) is 0. The van der Waals surface area contributed by atoms with Gasteiger partial charge in [-0.1, -0.05) is 146 Å². The van der Waals surface area contributed by atoms with E-state index in [-0.39, 0.29) is 0 Å². The molecule has 1 heterocycles. The van der Waals surface area contributed by atoms with Crippen molar-refractivity contribution < 1.29 is 4.42 Å². The molecule has 0 aliphatic heterocycles. The molecular formula is C46H28O. The van der Waals surface area contributed by atoms with Gasteiger partial charge in [0.15, 0.2) is 0 Å². The Labute approximate surface area is 271 Å². The van der Waals surface area contributed by atoms with Gasteiger partial charge in [-0.05, 0) is 101 Å². The molecular weight excluding hydrogens is 569 g/mol. The van der Waals surface area contributed by atoms with Crippen LogP contribution in [0.25, 0.3) is 98.4 Å². The predicted octanol–water partition coefficient (Wildman–Crippen LogP) is 13.2. The van der Waals surface area contributed by atoms with Crippen molar-refractivity contribution in [3.8, 4) is 33.4 Å². The van der Waals surface area contributed by atoms with Crippen LogP contribution < -0.4 is 0 Å². The summed E-state index contributed by atoms with van der Waals surface area (Å²) in [4.78, 5) is 0. The Morgan fingerprint density at radius 2 is 0.894 bits per heavy atom. The van der Waals surface area contributed by atoms with Crippen LogP contribution in [0.15, 0.2) is 174 Å². The van der Waals surface area contributed by atoms with Crippen molar-refractivity contribution in [3.63, 3.8) is 0 Å². The third-order valence-corrected chi connectivity index (χ3v) is 9.85. The predicted molar refractivity (Wildman–Crippen MR) is 200 cm³/mol. The molecule has 0 radical (unpaired) electrons.